The molecule has 1 aromatic heterocycles. The summed E-state index contributed by atoms with van der Waals surface area (Å²) in [6, 6.07) is 32.5. The second kappa shape index (κ2) is 13.3. The lowest BCUT2D eigenvalue weighted by Gasteiger charge is -2.29. The largest absolute Gasteiger partial charge is 0.467 e. The average molecular weight is 626 g/mol. The van der Waals surface area contributed by atoms with Crippen molar-refractivity contribution in [3.05, 3.63) is 126 Å². The van der Waals surface area contributed by atoms with Crippen LogP contribution in [0.2, 0.25) is 0 Å². The third-order valence-corrected chi connectivity index (χ3v) is 8.54. The first-order chi connectivity index (χ1) is 23.1. The topological polar surface area (TPSA) is 112 Å². The van der Waals surface area contributed by atoms with Gasteiger partial charge < -0.3 is 30.5 Å². The lowest BCUT2D eigenvalue weighted by Crippen LogP contribution is -2.43. The van der Waals surface area contributed by atoms with Gasteiger partial charge in [-0.3, -0.25) is 9.59 Å². The highest BCUT2D eigenvalue weighted by Gasteiger charge is 2.37. The predicted molar refractivity (Wildman–Crippen MR) is 183 cm³/mol. The molecule has 3 heterocycles. The summed E-state index contributed by atoms with van der Waals surface area (Å²) in [6.45, 7) is 4.30. The molecule has 10 nitrogen and oxygen atoms in total. The summed E-state index contributed by atoms with van der Waals surface area (Å²) in [4.78, 5) is 40.1. The van der Waals surface area contributed by atoms with Crippen molar-refractivity contribution in [2.75, 3.05) is 48.8 Å². The van der Waals surface area contributed by atoms with Crippen LogP contribution in [0.15, 0.2) is 109 Å². The third kappa shape index (κ3) is 6.49. The van der Waals surface area contributed by atoms with Gasteiger partial charge in [-0.25, -0.2) is 4.98 Å². The highest BCUT2D eigenvalue weighted by molar-refractivity contribution is 6.04. The van der Waals surface area contributed by atoms with Crippen molar-refractivity contribution in [2.45, 2.75) is 12.6 Å². The number of carbonyl (C=O) groups excluding carboxylic acids is 2. The van der Waals surface area contributed by atoms with E-state index in [1.165, 1.54) is 12.8 Å². The van der Waals surface area contributed by atoms with Gasteiger partial charge in [-0.15, -0.1) is 0 Å². The fraction of sp³-hybridized carbons (Fsp3) is 0.189. The molecule has 1 fully saturated rings. The molecule has 0 bridgehead atoms. The first kappa shape index (κ1) is 29.9. The first-order valence-corrected chi connectivity index (χ1v) is 15.7. The zero-order valence-corrected chi connectivity index (χ0v) is 26.0. The number of piperazine rings is 1. The summed E-state index contributed by atoms with van der Waals surface area (Å²) >= 11 is 0. The second-order valence-corrected chi connectivity index (χ2v) is 11.5. The lowest BCUT2D eigenvalue weighted by atomic mass is 10.00. The van der Waals surface area contributed by atoms with E-state index in [4.69, 9.17) is 4.74 Å². The van der Waals surface area contributed by atoms with Gasteiger partial charge in [0.2, 0.25) is 0 Å². The highest BCUT2D eigenvalue weighted by Crippen LogP contribution is 2.35. The molecule has 1 saturated heterocycles. The van der Waals surface area contributed by atoms with E-state index in [1.807, 2.05) is 54.6 Å². The Hall–Kier alpha value is -5.74. The number of nitrogens with one attached hydrogen (secondary N) is 3. The van der Waals surface area contributed by atoms with Crippen molar-refractivity contribution in [3.63, 3.8) is 0 Å². The van der Waals surface area contributed by atoms with Gasteiger partial charge in [-0.2, -0.15) is 4.98 Å². The van der Waals surface area contributed by atoms with Crippen molar-refractivity contribution in [3.8, 4) is 17.1 Å². The molecule has 2 aliphatic rings. The van der Waals surface area contributed by atoms with Gasteiger partial charge >= 0.3 is 6.01 Å². The van der Waals surface area contributed by atoms with Crippen molar-refractivity contribution in [2.24, 2.45) is 0 Å². The number of ether oxygens (including phenoxy) is 1. The SMILES string of the molecule is COc1nccc(Nc2ccc(NC(=O)C(c3ccccc3)N3Cc4cc(-c5ccc(N6CCNCC6)cc5)ccc4C3=O)cc2)n1. The highest BCUT2D eigenvalue weighted by atomic mass is 16.5. The van der Waals surface area contributed by atoms with Gasteiger partial charge in [0.15, 0.2) is 0 Å². The van der Waals surface area contributed by atoms with Crippen LogP contribution in [0.5, 0.6) is 6.01 Å². The van der Waals surface area contributed by atoms with E-state index in [9.17, 15) is 9.59 Å². The van der Waals surface area contributed by atoms with E-state index in [2.05, 4.69) is 61.2 Å². The molecular formula is C37H35N7O3. The first-order valence-electron chi connectivity index (χ1n) is 15.7. The number of anilines is 4. The molecule has 4 aromatic carbocycles. The zero-order chi connectivity index (χ0) is 32.2. The smallest absolute Gasteiger partial charge is 0.318 e. The second-order valence-electron chi connectivity index (χ2n) is 11.5. The van der Waals surface area contributed by atoms with Gasteiger partial charge in [0.1, 0.15) is 11.9 Å². The minimum absolute atomic E-state index is 0.163. The van der Waals surface area contributed by atoms with E-state index < -0.39 is 6.04 Å². The molecule has 0 saturated carbocycles. The van der Waals surface area contributed by atoms with Crippen LogP contribution in [0.25, 0.3) is 11.1 Å². The number of nitrogens with zero attached hydrogens (tertiary/aromatic N) is 4. The van der Waals surface area contributed by atoms with Crippen LogP contribution < -0.4 is 25.6 Å². The Morgan fingerprint density at radius 2 is 1.60 bits per heavy atom. The summed E-state index contributed by atoms with van der Waals surface area (Å²) in [6.07, 6.45) is 1.61. The molecule has 10 heteroatoms. The number of benzene rings is 4. The molecule has 0 radical (unpaired) electrons. The number of amides is 2. The Morgan fingerprint density at radius 3 is 2.34 bits per heavy atom. The van der Waals surface area contributed by atoms with Crippen molar-refractivity contribution < 1.29 is 14.3 Å². The molecular weight excluding hydrogens is 590 g/mol. The molecule has 0 aliphatic carbocycles. The fourth-order valence-electron chi connectivity index (χ4n) is 6.13. The molecule has 1 unspecified atom stereocenters. The number of fused-ring (bicyclic) bond motifs is 1. The summed E-state index contributed by atoms with van der Waals surface area (Å²) in [5, 5.41) is 9.63. The molecule has 47 heavy (non-hydrogen) atoms. The van der Waals surface area contributed by atoms with Crippen LogP contribution in [-0.4, -0.2) is 60.0 Å². The van der Waals surface area contributed by atoms with Crippen molar-refractivity contribution in [1.82, 2.24) is 20.2 Å². The van der Waals surface area contributed by atoms with E-state index in [-0.39, 0.29) is 17.8 Å². The number of carbonyl (C=O) groups is 2. The minimum atomic E-state index is -0.816. The molecule has 0 spiro atoms. The Bertz CT molecular complexity index is 1880. The average Bonchev–Trinajstić information content (AvgIpc) is 3.44. The van der Waals surface area contributed by atoms with Crippen molar-refractivity contribution >= 4 is 34.7 Å². The third-order valence-electron chi connectivity index (χ3n) is 8.54. The number of hydrogen-bond acceptors (Lipinski definition) is 8. The van der Waals surface area contributed by atoms with Gasteiger partial charge in [0.05, 0.1) is 7.11 Å². The zero-order valence-electron chi connectivity index (χ0n) is 26.0. The number of aromatic nitrogens is 2. The lowest BCUT2D eigenvalue weighted by molar-refractivity contribution is -0.120. The van der Waals surface area contributed by atoms with Crippen LogP contribution >= 0.6 is 0 Å². The van der Waals surface area contributed by atoms with E-state index in [1.54, 1.807) is 29.3 Å². The Labute approximate surface area is 273 Å². The summed E-state index contributed by atoms with van der Waals surface area (Å²) in [5.74, 6) is 0.132. The minimum Gasteiger partial charge on any atom is -0.467 e. The summed E-state index contributed by atoms with van der Waals surface area (Å²) in [5.41, 5.74) is 7.01. The molecule has 1 atom stereocenters. The number of hydrogen-bond donors (Lipinski definition) is 3. The summed E-state index contributed by atoms with van der Waals surface area (Å²) in [7, 11) is 1.51. The maximum atomic E-state index is 13.9. The Morgan fingerprint density at radius 1 is 0.872 bits per heavy atom. The molecule has 2 aliphatic heterocycles. The normalized spacial score (nSPS) is 14.8. The van der Waals surface area contributed by atoms with E-state index >= 15 is 0 Å². The standard InChI is InChI=1S/C37H35N7O3/c1-47-37-39-18-17-33(42-37)40-29-10-12-30(13-11-29)41-35(45)34(26-5-3-2-4-6-26)44-24-28-23-27(9-16-32(28)36(44)46)25-7-14-31(15-8-25)43-21-19-38-20-22-43/h2-18,23,34,38H,19-22,24H2,1H3,(H,41,45)(H,39,40,42). The van der Waals surface area contributed by atoms with Crippen LogP contribution in [0.4, 0.5) is 22.9 Å². The Balaban J connectivity index is 1.08. The predicted octanol–water partition coefficient (Wildman–Crippen LogP) is 5.64. The van der Waals surface area contributed by atoms with Gasteiger partial charge in [0.25, 0.3) is 11.8 Å². The number of rotatable bonds is 9. The quantitative estimate of drug-likeness (QED) is 0.193. The summed E-state index contributed by atoms with van der Waals surface area (Å²) < 4.78 is 5.09. The molecule has 2 amide bonds. The van der Waals surface area contributed by atoms with Crippen LogP contribution in [-0.2, 0) is 11.3 Å². The van der Waals surface area contributed by atoms with Crippen molar-refractivity contribution in [1.29, 1.82) is 0 Å². The molecule has 5 aromatic rings. The van der Waals surface area contributed by atoms with E-state index in [0.29, 0.717) is 23.6 Å². The maximum absolute atomic E-state index is 13.9. The van der Waals surface area contributed by atoms with Gasteiger partial charge in [0, 0.05) is 61.5 Å². The molecule has 236 valence electrons. The fourth-order valence-corrected chi connectivity index (χ4v) is 6.13. The van der Waals surface area contributed by atoms with E-state index in [0.717, 1.165) is 54.1 Å². The van der Waals surface area contributed by atoms with Gasteiger partial charge in [-0.05, 0) is 76.9 Å². The molecule has 7 rings (SSSR count). The van der Waals surface area contributed by atoms with Crippen LogP contribution in [0.3, 0.4) is 0 Å². The van der Waals surface area contributed by atoms with Gasteiger partial charge in [-0.1, -0.05) is 48.5 Å². The molecule has 3 N–H and O–H groups in total. The monoisotopic (exact) mass is 625 g/mol. The Kier molecular flexibility index (Phi) is 8.48. The number of methoxy groups -OCH3 is 1. The van der Waals surface area contributed by atoms with Crippen LogP contribution in [0.1, 0.15) is 27.5 Å². The maximum Gasteiger partial charge on any atom is 0.318 e. The van der Waals surface area contributed by atoms with Crippen LogP contribution in [0, 0.1) is 0 Å².